The van der Waals surface area contributed by atoms with Gasteiger partial charge in [-0.2, -0.15) is 0 Å². The summed E-state index contributed by atoms with van der Waals surface area (Å²) >= 11 is 0. The second-order valence-corrected chi connectivity index (χ2v) is 7.23. The summed E-state index contributed by atoms with van der Waals surface area (Å²) in [6, 6.07) is 10.1. The van der Waals surface area contributed by atoms with Crippen molar-refractivity contribution in [1.29, 1.82) is 0 Å². The van der Waals surface area contributed by atoms with Crippen LogP contribution < -0.4 is 0 Å². The first kappa shape index (κ1) is 19.2. The molecule has 0 saturated carbocycles. The molecule has 0 radical (unpaired) electrons. The van der Waals surface area contributed by atoms with Gasteiger partial charge in [0.2, 0.25) is 0 Å². The van der Waals surface area contributed by atoms with Crippen molar-refractivity contribution in [3.8, 4) is 0 Å². The minimum atomic E-state index is 0.662. The molecule has 1 unspecified atom stereocenters. The summed E-state index contributed by atoms with van der Waals surface area (Å²) in [5.74, 6) is 0.847. The van der Waals surface area contributed by atoms with Crippen LogP contribution in [0, 0.1) is 5.92 Å². The van der Waals surface area contributed by atoms with E-state index in [1.807, 2.05) is 0 Å². The minimum absolute atomic E-state index is 0.662. The van der Waals surface area contributed by atoms with Crippen molar-refractivity contribution in [2.24, 2.45) is 5.92 Å². The molecule has 0 amide bonds. The summed E-state index contributed by atoms with van der Waals surface area (Å²) in [6.07, 6.45) is 9.23. The molecular weight excluding hydrogens is 266 g/mol. The lowest BCUT2D eigenvalue weighted by atomic mass is 9.99. The second kappa shape index (κ2) is 10.8. The summed E-state index contributed by atoms with van der Waals surface area (Å²) in [5.41, 5.74) is 3.01. The Morgan fingerprint density at radius 1 is 1.09 bits per heavy atom. The lowest BCUT2D eigenvalue weighted by molar-refractivity contribution is 0.317. The average Bonchev–Trinajstić information content (AvgIpc) is 2.91. The molecule has 22 heavy (non-hydrogen) atoms. The standard InChI is InChI=1S/C18H29N.C3H8/c1-15(2)7-4-5-8-16-10-12-17(13-11-16)18-9-6-14-19(18)3;1-3-2/h10-13,15,18H,4-9,14H2,1-3H3;3H2,1-2H3. The normalized spacial score (nSPS) is 18.4. The maximum atomic E-state index is 2.48. The fraction of sp³-hybridized carbons (Fsp3) is 0.714. The van der Waals surface area contributed by atoms with Gasteiger partial charge in [0.15, 0.2) is 0 Å². The van der Waals surface area contributed by atoms with E-state index < -0.39 is 0 Å². The third-order valence-corrected chi connectivity index (χ3v) is 4.38. The molecule has 1 aromatic rings. The number of hydrogen-bond donors (Lipinski definition) is 0. The average molecular weight is 304 g/mol. The maximum Gasteiger partial charge on any atom is 0.0345 e. The molecule has 1 aromatic carbocycles. The van der Waals surface area contributed by atoms with Gasteiger partial charge < -0.3 is 0 Å². The molecule has 1 fully saturated rings. The van der Waals surface area contributed by atoms with Crippen LogP contribution in [0.3, 0.4) is 0 Å². The van der Waals surface area contributed by atoms with Gasteiger partial charge in [-0.05, 0) is 56.3 Å². The first-order valence-corrected chi connectivity index (χ1v) is 9.37. The van der Waals surface area contributed by atoms with E-state index in [1.165, 1.54) is 62.6 Å². The highest BCUT2D eigenvalue weighted by Gasteiger charge is 2.21. The van der Waals surface area contributed by atoms with Crippen LogP contribution in [0.25, 0.3) is 0 Å². The van der Waals surface area contributed by atoms with E-state index in [1.54, 1.807) is 0 Å². The van der Waals surface area contributed by atoms with Crippen LogP contribution >= 0.6 is 0 Å². The molecule has 1 nitrogen and oxygen atoms in total. The van der Waals surface area contributed by atoms with E-state index >= 15 is 0 Å². The molecule has 1 aliphatic heterocycles. The Kier molecular flexibility index (Phi) is 9.47. The number of unbranched alkanes of at least 4 members (excludes halogenated alkanes) is 1. The highest BCUT2D eigenvalue weighted by molar-refractivity contribution is 5.25. The van der Waals surface area contributed by atoms with E-state index in [2.05, 4.69) is 63.9 Å². The van der Waals surface area contributed by atoms with Crippen molar-refractivity contribution >= 4 is 0 Å². The van der Waals surface area contributed by atoms with Crippen LogP contribution in [-0.4, -0.2) is 18.5 Å². The van der Waals surface area contributed by atoms with Gasteiger partial charge in [-0.1, -0.05) is 71.2 Å². The summed E-state index contributed by atoms with van der Waals surface area (Å²) in [6.45, 7) is 10.1. The van der Waals surface area contributed by atoms with Crippen LogP contribution in [0.5, 0.6) is 0 Å². The lowest BCUT2D eigenvalue weighted by Crippen LogP contribution is -2.17. The summed E-state index contributed by atoms with van der Waals surface area (Å²) < 4.78 is 0. The number of aryl methyl sites for hydroxylation is 1. The van der Waals surface area contributed by atoms with E-state index in [-0.39, 0.29) is 0 Å². The molecule has 0 bridgehead atoms. The van der Waals surface area contributed by atoms with Gasteiger partial charge in [0.25, 0.3) is 0 Å². The number of hydrogen-bond acceptors (Lipinski definition) is 1. The predicted molar refractivity (Wildman–Crippen MR) is 99.4 cm³/mol. The Labute approximate surface area is 139 Å². The quantitative estimate of drug-likeness (QED) is 0.562. The molecule has 1 atom stereocenters. The van der Waals surface area contributed by atoms with Crippen LogP contribution in [0.4, 0.5) is 0 Å². The SMILES string of the molecule is CC(C)CCCCc1ccc(C2CCCN2C)cc1.CCC. The van der Waals surface area contributed by atoms with Crippen molar-refractivity contribution < 1.29 is 0 Å². The number of rotatable bonds is 6. The van der Waals surface area contributed by atoms with Crippen LogP contribution in [0.15, 0.2) is 24.3 Å². The molecule has 0 spiro atoms. The predicted octanol–water partition coefficient (Wildman–Crippen LogP) is 6.24. The van der Waals surface area contributed by atoms with Crippen LogP contribution in [-0.2, 0) is 6.42 Å². The topological polar surface area (TPSA) is 3.24 Å². The second-order valence-electron chi connectivity index (χ2n) is 7.23. The fourth-order valence-corrected chi connectivity index (χ4v) is 3.12. The molecule has 0 aromatic heterocycles. The molecule has 1 heterocycles. The fourth-order valence-electron chi connectivity index (χ4n) is 3.12. The van der Waals surface area contributed by atoms with Gasteiger partial charge >= 0.3 is 0 Å². The van der Waals surface area contributed by atoms with Crippen molar-refractivity contribution in [3.63, 3.8) is 0 Å². The summed E-state index contributed by atoms with van der Waals surface area (Å²) in [7, 11) is 2.25. The Morgan fingerprint density at radius 2 is 1.73 bits per heavy atom. The molecular formula is C21H37N. The van der Waals surface area contributed by atoms with Crippen molar-refractivity contribution in [2.75, 3.05) is 13.6 Å². The Balaban J connectivity index is 0.000000745. The Morgan fingerprint density at radius 3 is 2.23 bits per heavy atom. The third kappa shape index (κ3) is 6.96. The van der Waals surface area contributed by atoms with E-state index in [0.29, 0.717) is 6.04 Å². The van der Waals surface area contributed by atoms with Crippen molar-refractivity contribution in [2.45, 2.75) is 78.7 Å². The van der Waals surface area contributed by atoms with Gasteiger partial charge in [-0.15, -0.1) is 0 Å². The Hall–Kier alpha value is -0.820. The molecule has 0 aliphatic carbocycles. The number of benzene rings is 1. The zero-order valence-electron chi connectivity index (χ0n) is 15.6. The monoisotopic (exact) mass is 303 g/mol. The molecule has 0 N–H and O–H groups in total. The van der Waals surface area contributed by atoms with Gasteiger partial charge in [0.1, 0.15) is 0 Å². The molecule has 2 rings (SSSR count). The minimum Gasteiger partial charge on any atom is -0.299 e. The van der Waals surface area contributed by atoms with Crippen molar-refractivity contribution in [3.05, 3.63) is 35.4 Å². The first-order valence-electron chi connectivity index (χ1n) is 9.37. The Bertz CT molecular complexity index is 379. The van der Waals surface area contributed by atoms with Crippen LogP contribution in [0.2, 0.25) is 0 Å². The first-order chi connectivity index (χ1) is 10.6. The van der Waals surface area contributed by atoms with Gasteiger partial charge in [0.05, 0.1) is 0 Å². The van der Waals surface area contributed by atoms with Gasteiger partial charge in [0, 0.05) is 6.04 Å². The maximum absolute atomic E-state index is 2.48. The largest absolute Gasteiger partial charge is 0.299 e. The summed E-state index contributed by atoms with van der Waals surface area (Å²) in [5, 5.41) is 0. The zero-order valence-corrected chi connectivity index (χ0v) is 15.6. The van der Waals surface area contributed by atoms with Gasteiger partial charge in [-0.25, -0.2) is 0 Å². The highest BCUT2D eigenvalue weighted by atomic mass is 15.1. The summed E-state index contributed by atoms with van der Waals surface area (Å²) in [4.78, 5) is 2.48. The lowest BCUT2D eigenvalue weighted by Gasteiger charge is -2.20. The van der Waals surface area contributed by atoms with Crippen LogP contribution in [0.1, 0.15) is 83.4 Å². The molecule has 1 saturated heterocycles. The van der Waals surface area contributed by atoms with E-state index in [9.17, 15) is 0 Å². The van der Waals surface area contributed by atoms with E-state index in [0.717, 1.165) is 5.92 Å². The highest BCUT2D eigenvalue weighted by Crippen LogP contribution is 2.30. The number of nitrogens with zero attached hydrogens (tertiary/aromatic N) is 1. The third-order valence-electron chi connectivity index (χ3n) is 4.38. The smallest absolute Gasteiger partial charge is 0.0345 e. The number of likely N-dealkylation sites (tertiary alicyclic amines) is 1. The molecule has 1 heteroatoms. The van der Waals surface area contributed by atoms with E-state index in [4.69, 9.17) is 0 Å². The van der Waals surface area contributed by atoms with Gasteiger partial charge in [-0.3, -0.25) is 4.90 Å². The van der Waals surface area contributed by atoms with Crippen molar-refractivity contribution in [1.82, 2.24) is 4.90 Å². The molecule has 1 aliphatic rings. The molecule has 126 valence electrons. The zero-order chi connectivity index (χ0) is 16.4.